The maximum atomic E-state index is 13.3. The summed E-state index contributed by atoms with van der Waals surface area (Å²) in [6.07, 6.45) is 6.59. The maximum Gasteiger partial charge on any atom is 0.254 e. The Bertz CT molecular complexity index is 931. The van der Waals surface area contributed by atoms with Crippen LogP contribution in [0.4, 0.5) is 0 Å². The van der Waals surface area contributed by atoms with Crippen molar-refractivity contribution in [3.05, 3.63) is 35.0 Å². The third-order valence-corrected chi connectivity index (χ3v) is 7.12. The predicted molar refractivity (Wildman–Crippen MR) is 104 cm³/mol. The maximum absolute atomic E-state index is 13.3. The summed E-state index contributed by atoms with van der Waals surface area (Å²) < 4.78 is 0. The number of nitrogens with one attached hydrogen (secondary N) is 1. The average molecular weight is 365 g/mol. The smallest absolute Gasteiger partial charge is 0.254 e. The number of hydrogen-bond donors (Lipinski definition) is 2. The highest BCUT2D eigenvalue weighted by Crippen LogP contribution is 2.42. The second-order valence-electron chi connectivity index (χ2n) is 8.85. The molecule has 5 nitrogen and oxygen atoms in total. The number of fused-ring (bicyclic) bond motifs is 4. The summed E-state index contributed by atoms with van der Waals surface area (Å²) >= 11 is 0. The summed E-state index contributed by atoms with van der Waals surface area (Å²) in [5.41, 5.74) is 10.2. The first-order valence-corrected chi connectivity index (χ1v) is 10.3. The highest BCUT2D eigenvalue weighted by Gasteiger charge is 2.48. The van der Waals surface area contributed by atoms with Crippen LogP contribution >= 0.6 is 0 Å². The van der Waals surface area contributed by atoms with Crippen LogP contribution in [0.25, 0.3) is 10.9 Å². The van der Waals surface area contributed by atoms with Gasteiger partial charge in [0.25, 0.3) is 5.91 Å². The number of aryl methyl sites for hydroxylation is 1. The molecule has 1 aromatic carbocycles. The third kappa shape index (κ3) is 2.59. The van der Waals surface area contributed by atoms with Gasteiger partial charge in [-0.15, -0.1) is 0 Å². The van der Waals surface area contributed by atoms with Crippen LogP contribution in [0.1, 0.15) is 54.2 Å². The number of amides is 2. The van der Waals surface area contributed by atoms with Crippen molar-refractivity contribution < 1.29 is 9.59 Å². The lowest BCUT2D eigenvalue weighted by atomic mass is 9.87. The molecule has 4 atom stereocenters. The van der Waals surface area contributed by atoms with Crippen LogP contribution in [0.5, 0.6) is 0 Å². The fraction of sp³-hybridized carbons (Fsp3) is 0.545. The molecule has 1 saturated carbocycles. The van der Waals surface area contributed by atoms with Gasteiger partial charge in [-0.25, -0.2) is 0 Å². The van der Waals surface area contributed by atoms with Crippen molar-refractivity contribution in [2.75, 3.05) is 6.54 Å². The summed E-state index contributed by atoms with van der Waals surface area (Å²) in [6, 6.07) is 5.49. The first-order chi connectivity index (χ1) is 13.0. The van der Waals surface area contributed by atoms with Crippen molar-refractivity contribution in [3.63, 3.8) is 0 Å². The van der Waals surface area contributed by atoms with Crippen molar-refractivity contribution >= 4 is 22.7 Å². The molecule has 2 fully saturated rings. The van der Waals surface area contributed by atoms with Gasteiger partial charge >= 0.3 is 0 Å². The SMILES string of the molecule is CC1CCc2[nH]c3ccc(C(=O)N4CC5CCCC5C4C(N)=O)cc3c2C1. The Morgan fingerprint density at radius 1 is 1.22 bits per heavy atom. The Morgan fingerprint density at radius 2 is 2.07 bits per heavy atom. The van der Waals surface area contributed by atoms with Gasteiger partial charge in [0.2, 0.25) is 5.91 Å². The monoisotopic (exact) mass is 365 g/mol. The van der Waals surface area contributed by atoms with Gasteiger partial charge in [-0.3, -0.25) is 9.59 Å². The number of primary amides is 1. The number of nitrogens with two attached hydrogens (primary N) is 1. The molecule has 3 aliphatic rings. The van der Waals surface area contributed by atoms with Gasteiger partial charge in [0.15, 0.2) is 0 Å². The van der Waals surface area contributed by atoms with Crippen molar-refractivity contribution in [1.29, 1.82) is 0 Å². The number of H-pyrrole nitrogens is 1. The molecule has 1 aromatic heterocycles. The zero-order valence-corrected chi connectivity index (χ0v) is 15.8. The normalized spacial score (nSPS) is 29.7. The second kappa shape index (κ2) is 6.11. The van der Waals surface area contributed by atoms with Crippen LogP contribution in [0, 0.1) is 17.8 Å². The second-order valence-corrected chi connectivity index (χ2v) is 8.85. The van der Waals surface area contributed by atoms with Gasteiger partial charge in [0.1, 0.15) is 6.04 Å². The minimum Gasteiger partial charge on any atom is -0.368 e. The number of likely N-dealkylation sites (tertiary alicyclic amines) is 1. The summed E-state index contributed by atoms with van der Waals surface area (Å²) in [5.74, 6) is 0.945. The molecule has 3 N–H and O–H groups in total. The lowest BCUT2D eigenvalue weighted by Crippen LogP contribution is -2.46. The summed E-state index contributed by atoms with van der Waals surface area (Å²) in [4.78, 5) is 30.7. The molecular weight excluding hydrogens is 338 g/mol. The van der Waals surface area contributed by atoms with Crippen molar-refractivity contribution in [3.8, 4) is 0 Å². The van der Waals surface area contributed by atoms with E-state index in [-0.39, 0.29) is 17.7 Å². The van der Waals surface area contributed by atoms with Crippen LogP contribution in [0.3, 0.4) is 0 Å². The summed E-state index contributed by atoms with van der Waals surface area (Å²) in [6.45, 7) is 2.95. The third-order valence-electron chi connectivity index (χ3n) is 7.12. The fourth-order valence-corrected chi connectivity index (χ4v) is 5.77. The van der Waals surface area contributed by atoms with Gasteiger partial charge < -0.3 is 15.6 Å². The number of rotatable bonds is 2. The van der Waals surface area contributed by atoms with Gasteiger partial charge in [0, 0.05) is 28.7 Å². The molecule has 1 aliphatic heterocycles. The predicted octanol–water partition coefficient (Wildman–Crippen LogP) is 3.02. The highest BCUT2D eigenvalue weighted by molar-refractivity contribution is 6.01. The van der Waals surface area contributed by atoms with Crippen molar-refractivity contribution in [2.45, 2.75) is 51.5 Å². The number of aromatic amines is 1. The first-order valence-electron chi connectivity index (χ1n) is 10.3. The minimum atomic E-state index is -0.444. The number of carbonyl (C=O) groups excluding carboxylic acids is 2. The van der Waals surface area contributed by atoms with E-state index in [0.717, 1.165) is 43.0 Å². The topological polar surface area (TPSA) is 79.2 Å². The number of hydrogen-bond acceptors (Lipinski definition) is 2. The van der Waals surface area contributed by atoms with E-state index in [9.17, 15) is 9.59 Å². The molecule has 0 radical (unpaired) electrons. The van der Waals surface area contributed by atoms with E-state index in [4.69, 9.17) is 5.73 Å². The standard InChI is InChI=1S/C22H27N3O2/c1-12-5-7-18-16(9-12)17-10-13(6-8-19(17)24-18)22(27)25-11-14-3-2-4-15(14)20(25)21(23)26/h6,8,10,12,14-15,20,24H,2-5,7,9,11H2,1H3,(H2,23,26). The van der Waals surface area contributed by atoms with E-state index in [2.05, 4.69) is 11.9 Å². The Hall–Kier alpha value is -2.30. The molecule has 27 heavy (non-hydrogen) atoms. The largest absolute Gasteiger partial charge is 0.368 e. The quantitative estimate of drug-likeness (QED) is 0.858. The van der Waals surface area contributed by atoms with E-state index in [1.807, 2.05) is 18.2 Å². The van der Waals surface area contributed by atoms with E-state index in [1.54, 1.807) is 4.90 Å². The average Bonchev–Trinajstić information content (AvgIpc) is 3.32. The van der Waals surface area contributed by atoms with Crippen LogP contribution in [-0.2, 0) is 17.6 Å². The zero-order valence-electron chi connectivity index (χ0n) is 15.8. The molecule has 5 heteroatoms. The van der Waals surface area contributed by atoms with Gasteiger partial charge in [0.05, 0.1) is 0 Å². The van der Waals surface area contributed by atoms with Crippen molar-refractivity contribution in [1.82, 2.24) is 9.88 Å². The molecule has 4 unspecified atom stereocenters. The van der Waals surface area contributed by atoms with Crippen molar-refractivity contribution in [2.24, 2.45) is 23.5 Å². The molecule has 142 valence electrons. The van der Waals surface area contributed by atoms with E-state index in [1.165, 1.54) is 17.7 Å². The molecule has 2 aromatic rings. The van der Waals surface area contributed by atoms with Crippen LogP contribution < -0.4 is 5.73 Å². The Kier molecular flexibility index (Phi) is 3.81. The molecule has 0 bridgehead atoms. The lowest BCUT2D eigenvalue weighted by Gasteiger charge is -2.25. The van der Waals surface area contributed by atoms with Crippen LogP contribution in [-0.4, -0.2) is 34.3 Å². The number of carbonyl (C=O) groups is 2. The van der Waals surface area contributed by atoms with E-state index in [0.29, 0.717) is 23.9 Å². The Morgan fingerprint density at radius 3 is 2.89 bits per heavy atom. The van der Waals surface area contributed by atoms with E-state index >= 15 is 0 Å². The fourth-order valence-electron chi connectivity index (χ4n) is 5.77. The molecule has 2 aliphatic carbocycles. The Balaban J connectivity index is 1.50. The summed E-state index contributed by atoms with van der Waals surface area (Å²) in [5, 5.41) is 1.16. The highest BCUT2D eigenvalue weighted by atomic mass is 16.2. The molecule has 0 spiro atoms. The number of aromatic nitrogens is 1. The molecule has 2 amide bonds. The minimum absolute atomic E-state index is 0.0473. The lowest BCUT2D eigenvalue weighted by molar-refractivity contribution is -0.122. The first kappa shape index (κ1) is 16.8. The van der Waals surface area contributed by atoms with Crippen LogP contribution in [0.15, 0.2) is 18.2 Å². The van der Waals surface area contributed by atoms with Crippen LogP contribution in [0.2, 0.25) is 0 Å². The number of nitrogens with zero attached hydrogens (tertiary/aromatic N) is 1. The number of benzene rings is 1. The van der Waals surface area contributed by atoms with Gasteiger partial charge in [-0.2, -0.15) is 0 Å². The molecule has 1 saturated heterocycles. The molecular formula is C22H27N3O2. The zero-order chi connectivity index (χ0) is 18.7. The molecule has 5 rings (SSSR count). The van der Waals surface area contributed by atoms with Gasteiger partial charge in [-0.05, 0) is 73.6 Å². The molecule has 2 heterocycles. The van der Waals surface area contributed by atoms with Gasteiger partial charge in [-0.1, -0.05) is 13.3 Å². The summed E-state index contributed by atoms with van der Waals surface area (Å²) in [7, 11) is 0. The Labute approximate surface area is 159 Å². The van der Waals surface area contributed by atoms with E-state index < -0.39 is 6.04 Å².